The Bertz CT molecular complexity index is 1120. The zero-order valence-corrected chi connectivity index (χ0v) is 22.6. The topological polar surface area (TPSA) is 86.8 Å². The van der Waals surface area contributed by atoms with E-state index in [1.807, 2.05) is 18.2 Å². The van der Waals surface area contributed by atoms with Crippen LogP contribution in [-0.2, 0) is 26.2 Å². The molecule has 2 amide bonds. The minimum atomic E-state index is -3.51. The number of carbonyl (C=O) groups excluding carboxylic acids is 2. The predicted molar refractivity (Wildman–Crippen MR) is 144 cm³/mol. The van der Waals surface area contributed by atoms with E-state index in [0.717, 1.165) is 37.5 Å². The molecular formula is C27H36ClN3O4S. The van der Waals surface area contributed by atoms with Gasteiger partial charge in [-0.15, -0.1) is 0 Å². The fourth-order valence-electron chi connectivity index (χ4n) is 4.58. The van der Waals surface area contributed by atoms with E-state index in [-0.39, 0.29) is 37.4 Å². The van der Waals surface area contributed by atoms with Crippen molar-refractivity contribution in [2.24, 2.45) is 0 Å². The lowest BCUT2D eigenvalue weighted by atomic mass is 9.95. The summed E-state index contributed by atoms with van der Waals surface area (Å²) in [5.74, 6) is -0.373. The van der Waals surface area contributed by atoms with Crippen molar-refractivity contribution < 1.29 is 18.0 Å². The van der Waals surface area contributed by atoms with Crippen LogP contribution in [0.15, 0.2) is 54.6 Å². The summed E-state index contributed by atoms with van der Waals surface area (Å²) in [6, 6.07) is 15.5. The van der Waals surface area contributed by atoms with Crippen LogP contribution in [0.2, 0.25) is 5.02 Å². The summed E-state index contributed by atoms with van der Waals surface area (Å²) >= 11 is 6.15. The van der Waals surface area contributed by atoms with Gasteiger partial charge in [0.15, 0.2) is 0 Å². The molecule has 0 spiro atoms. The van der Waals surface area contributed by atoms with Gasteiger partial charge in [0.05, 0.1) is 11.9 Å². The first-order valence-corrected chi connectivity index (χ1v) is 14.7. The molecule has 36 heavy (non-hydrogen) atoms. The van der Waals surface area contributed by atoms with E-state index >= 15 is 0 Å². The lowest BCUT2D eigenvalue weighted by Gasteiger charge is -2.31. The van der Waals surface area contributed by atoms with Crippen LogP contribution in [0.25, 0.3) is 0 Å². The number of hydrogen-bond acceptors (Lipinski definition) is 4. The Morgan fingerprint density at radius 3 is 2.39 bits per heavy atom. The highest BCUT2D eigenvalue weighted by Gasteiger charge is 2.28. The van der Waals surface area contributed by atoms with Crippen LogP contribution in [0.4, 0.5) is 5.69 Å². The zero-order chi connectivity index (χ0) is 26.1. The Labute approximate surface area is 219 Å². The van der Waals surface area contributed by atoms with Crippen LogP contribution in [0, 0.1) is 0 Å². The number of hydrogen-bond donors (Lipinski definition) is 1. The average Bonchev–Trinajstić information content (AvgIpc) is 2.85. The van der Waals surface area contributed by atoms with Gasteiger partial charge in [-0.25, -0.2) is 8.42 Å². The van der Waals surface area contributed by atoms with Crippen LogP contribution >= 0.6 is 11.6 Å². The van der Waals surface area contributed by atoms with E-state index in [1.165, 1.54) is 10.7 Å². The van der Waals surface area contributed by atoms with Crippen LogP contribution in [-0.4, -0.2) is 50.0 Å². The summed E-state index contributed by atoms with van der Waals surface area (Å²) < 4.78 is 26.0. The fourth-order valence-corrected chi connectivity index (χ4v) is 5.76. The first-order chi connectivity index (χ1) is 17.1. The van der Waals surface area contributed by atoms with Crippen molar-refractivity contribution in [3.05, 3.63) is 65.2 Å². The van der Waals surface area contributed by atoms with Gasteiger partial charge in [-0.05, 0) is 56.0 Å². The van der Waals surface area contributed by atoms with Crippen molar-refractivity contribution in [1.29, 1.82) is 0 Å². The van der Waals surface area contributed by atoms with Gasteiger partial charge in [0.1, 0.15) is 6.04 Å². The highest BCUT2D eigenvalue weighted by atomic mass is 35.5. The fraction of sp³-hybridized carbons (Fsp3) is 0.481. The number of anilines is 1. The molecule has 0 heterocycles. The summed E-state index contributed by atoms with van der Waals surface area (Å²) in [5, 5.41) is 3.68. The minimum Gasteiger partial charge on any atom is -0.352 e. The number of carbonyl (C=O) groups is 2. The predicted octanol–water partition coefficient (Wildman–Crippen LogP) is 4.75. The number of amides is 2. The van der Waals surface area contributed by atoms with Gasteiger partial charge in [0.25, 0.3) is 0 Å². The molecule has 1 atom stereocenters. The van der Waals surface area contributed by atoms with Crippen LogP contribution in [0.1, 0.15) is 57.4 Å². The third-order valence-corrected chi connectivity index (χ3v) is 7.99. The highest BCUT2D eigenvalue weighted by molar-refractivity contribution is 7.92. The summed E-state index contributed by atoms with van der Waals surface area (Å²) in [5.41, 5.74) is 1.39. The van der Waals surface area contributed by atoms with E-state index in [1.54, 1.807) is 48.2 Å². The molecule has 3 rings (SSSR count). The minimum absolute atomic E-state index is 0.112. The van der Waals surface area contributed by atoms with E-state index in [9.17, 15) is 18.0 Å². The molecule has 1 N–H and O–H groups in total. The maximum absolute atomic E-state index is 13.4. The van der Waals surface area contributed by atoms with Gasteiger partial charge in [-0.3, -0.25) is 13.9 Å². The van der Waals surface area contributed by atoms with Gasteiger partial charge in [-0.2, -0.15) is 0 Å². The monoisotopic (exact) mass is 533 g/mol. The zero-order valence-electron chi connectivity index (χ0n) is 21.0. The number of para-hydroxylation sites is 1. The maximum atomic E-state index is 13.4. The summed E-state index contributed by atoms with van der Waals surface area (Å²) in [4.78, 5) is 28.0. The number of halogens is 1. The molecule has 2 aromatic rings. The Kier molecular flexibility index (Phi) is 10.2. The Morgan fingerprint density at radius 1 is 1.06 bits per heavy atom. The van der Waals surface area contributed by atoms with Crippen molar-refractivity contribution in [1.82, 2.24) is 10.2 Å². The average molecular weight is 534 g/mol. The smallest absolute Gasteiger partial charge is 0.242 e. The van der Waals surface area contributed by atoms with Crippen molar-refractivity contribution in [2.45, 2.75) is 70.5 Å². The van der Waals surface area contributed by atoms with Crippen molar-refractivity contribution in [2.75, 3.05) is 17.1 Å². The number of rotatable bonds is 11. The van der Waals surface area contributed by atoms with Gasteiger partial charge >= 0.3 is 0 Å². The maximum Gasteiger partial charge on any atom is 0.242 e. The molecule has 9 heteroatoms. The van der Waals surface area contributed by atoms with Crippen LogP contribution < -0.4 is 9.62 Å². The SMILES string of the molecule is C[C@@H](C(=O)NC1CCCCC1)N(Cc1cccc(Cl)c1)C(=O)CCCN(c1ccccc1)S(C)(=O)=O. The molecule has 1 aliphatic rings. The van der Waals surface area contributed by atoms with Crippen molar-refractivity contribution >= 4 is 39.1 Å². The molecule has 0 unspecified atom stereocenters. The third-order valence-electron chi connectivity index (χ3n) is 6.56. The van der Waals surface area contributed by atoms with E-state index in [0.29, 0.717) is 17.1 Å². The van der Waals surface area contributed by atoms with E-state index < -0.39 is 16.1 Å². The molecule has 0 saturated heterocycles. The lowest BCUT2D eigenvalue weighted by Crippen LogP contribution is -2.50. The lowest BCUT2D eigenvalue weighted by molar-refractivity contribution is -0.141. The third kappa shape index (κ3) is 8.23. The second kappa shape index (κ2) is 13.1. The summed E-state index contributed by atoms with van der Waals surface area (Å²) in [6.45, 7) is 2.16. The Hall–Kier alpha value is -2.58. The normalized spacial score (nSPS) is 15.2. The van der Waals surface area contributed by atoms with Gasteiger partial charge in [0, 0.05) is 30.6 Å². The molecular weight excluding hydrogens is 498 g/mol. The molecule has 2 aromatic carbocycles. The van der Waals surface area contributed by atoms with Crippen LogP contribution in [0.5, 0.6) is 0 Å². The van der Waals surface area contributed by atoms with Crippen LogP contribution in [0.3, 0.4) is 0 Å². The van der Waals surface area contributed by atoms with Gasteiger partial charge < -0.3 is 10.2 Å². The summed E-state index contributed by atoms with van der Waals surface area (Å²) in [6.07, 6.45) is 6.90. The standard InChI is InChI=1S/C27H36ClN3O4S/c1-21(27(33)29-24-13-5-3-6-14-24)30(20-22-11-9-12-23(28)19-22)26(32)17-10-18-31(36(2,34)35)25-15-7-4-8-16-25/h4,7-9,11-12,15-16,19,21,24H,3,5-6,10,13-14,17-18,20H2,1-2H3,(H,29,33)/t21-/m0/s1. The molecule has 0 aliphatic heterocycles. The Morgan fingerprint density at radius 2 is 1.75 bits per heavy atom. The molecule has 1 fully saturated rings. The highest BCUT2D eigenvalue weighted by Crippen LogP contribution is 2.21. The quantitative estimate of drug-likeness (QED) is 0.451. The summed E-state index contributed by atoms with van der Waals surface area (Å²) in [7, 11) is -3.51. The molecule has 1 saturated carbocycles. The Balaban J connectivity index is 1.70. The molecule has 0 radical (unpaired) electrons. The molecule has 196 valence electrons. The van der Waals surface area contributed by atoms with E-state index in [4.69, 9.17) is 11.6 Å². The molecule has 1 aliphatic carbocycles. The number of nitrogens with one attached hydrogen (secondary N) is 1. The second-order valence-electron chi connectivity index (χ2n) is 9.45. The number of sulfonamides is 1. The van der Waals surface area contributed by atoms with E-state index in [2.05, 4.69) is 5.32 Å². The number of benzene rings is 2. The van der Waals surface area contributed by atoms with Crippen molar-refractivity contribution in [3.63, 3.8) is 0 Å². The largest absolute Gasteiger partial charge is 0.352 e. The first kappa shape index (κ1) is 28.0. The molecule has 0 aromatic heterocycles. The first-order valence-electron chi connectivity index (χ1n) is 12.5. The van der Waals surface area contributed by atoms with Gasteiger partial charge in [-0.1, -0.05) is 61.2 Å². The molecule has 0 bridgehead atoms. The van der Waals surface area contributed by atoms with Crippen molar-refractivity contribution in [3.8, 4) is 0 Å². The second-order valence-corrected chi connectivity index (χ2v) is 11.8. The van der Waals surface area contributed by atoms with Gasteiger partial charge in [0.2, 0.25) is 21.8 Å². The number of nitrogens with zero attached hydrogens (tertiary/aromatic N) is 2. The molecule has 7 nitrogen and oxygen atoms in total.